The summed E-state index contributed by atoms with van der Waals surface area (Å²) in [6.07, 6.45) is 1.71. The van der Waals surface area contributed by atoms with Crippen LogP contribution in [0.25, 0.3) is 0 Å². The van der Waals surface area contributed by atoms with Gasteiger partial charge >= 0.3 is 0 Å². The van der Waals surface area contributed by atoms with Crippen molar-refractivity contribution in [3.63, 3.8) is 0 Å². The van der Waals surface area contributed by atoms with Gasteiger partial charge in [-0.05, 0) is 46.0 Å². The maximum atomic E-state index is 9.26. The van der Waals surface area contributed by atoms with E-state index in [1.807, 2.05) is 20.0 Å². The lowest BCUT2D eigenvalue weighted by Gasteiger charge is -2.22. The third-order valence-corrected chi connectivity index (χ3v) is 3.28. The molecule has 2 unspecified atom stereocenters. The quantitative estimate of drug-likeness (QED) is 0.741. The average Bonchev–Trinajstić information content (AvgIpc) is 2.38. The second-order valence-corrected chi connectivity index (χ2v) is 4.98. The molecule has 0 aliphatic carbocycles. The predicted molar refractivity (Wildman–Crippen MR) is 76.7 cm³/mol. The lowest BCUT2D eigenvalue weighted by Crippen LogP contribution is -2.27. The van der Waals surface area contributed by atoms with Crippen molar-refractivity contribution in [1.29, 1.82) is 0 Å². The molecule has 0 saturated carbocycles. The molecule has 0 aromatic heterocycles. The van der Waals surface area contributed by atoms with Crippen molar-refractivity contribution in [2.24, 2.45) is 0 Å². The molecule has 1 rings (SSSR count). The van der Waals surface area contributed by atoms with Crippen molar-refractivity contribution in [3.8, 4) is 0 Å². The number of rotatable bonds is 8. The van der Waals surface area contributed by atoms with Gasteiger partial charge in [0.1, 0.15) is 0 Å². The Kier molecular flexibility index (Phi) is 6.94. The highest BCUT2D eigenvalue weighted by Crippen LogP contribution is 2.16. The van der Waals surface area contributed by atoms with Gasteiger partial charge in [-0.25, -0.2) is 0 Å². The Morgan fingerprint density at radius 3 is 2.33 bits per heavy atom. The molecule has 1 aromatic carbocycles. The van der Waals surface area contributed by atoms with Gasteiger partial charge in [0.2, 0.25) is 0 Å². The fraction of sp³-hybridized carbons (Fsp3) is 0.600. The SMILES string of the molecule is CNC(CCN(C)CCC(C)O)c1ccccc1. The van der Waals surface area contributed by atoms with Gasteiger partial charge in [0.15, 0.2) is 0 Å². The van der Waals surface area contributed by atoms with E-state index in [9.17, 15) is 5.11 Å². The maximum absolute atomic E-state index is 9.26. The Hall–Kier alpha value is -0.900. The van der Waals surface area contributed by atoms with Crippen molar-refractivity contribution in [2.45, 2.75) is 31.9 Å². The van der Waals surface area contributed by atoms with Gasteiger partial charge in [-0.2, -0.15) is 0 Å². The highest BCUT2D eigenvalue weighted by Gasteiger charge is 2.10. The Bertz CT molecular complexity index is 314. The first-order valence-corrected chi connectivity index (χ1v) is 6.72. The van der Waals surface area contributed by atoms with Gasteiger partial charge < -0.3 is 15.3 Å². The molecule has 0 heterocycles. The van der Waals surface area contributed by atoms with Gasteiger partial charge in [0, 0.05) is 12.6 Å². The van der Waals surface area contributed by atoms with Gasteiger partial charge in [0.05, 0.1) is 6.10 Å². The molecule has 3 heteroatoms. The first-order chi connectivity index (χ1) is 8.63. The summed E-state index contributed by atoms with van der Waals surface area (Å²) in [5, 5.41) is 12.6. The minimum atomic E-state index is -0.207. The van der Waals surface area contributed by atoms with E-state index in [0.29, 0.717) is 6.04 Å². The Balaban J connectivity index is 2.36. The molecular formula is C15H26N2O. The van der Waals surface area contributed by atoms with Crippen LogP contribution < -0.4 is 5.32 Å². The van der Waals surface area contributed by atoms with E-state index < -0.39 is 0 Å². The van der Waals surface area contributed by atoms with Crippen LogP contribution in [0, 0.1) is 0 Å². The predicted octanol–water partition coefficient (Wildman–Crippen LogP) is 2.04. The lowest BCUT2D eigenvalue weighted by molar-refractivity contribution is 0.163. The second-order valence-electron chi connectivity index (χ2n) is 4.98. The number of hydrogen-bond acceptors (Lipinski definition) is 3. The first kappa shape index (κ1) is 15.2. The first-order valence-electron chi connectivity index (χ1n) is 6.72. The summed E-state index contributed by atoms with van der Waals surface area (Å²) in [6.45, 7) is 3.82. The van der Waals surface area contributed by atoms with Gasteiger partial charge in [0.25, 0.3) is 0 Å². The zero-order valence-corrected chi connectivity index (χ0v) is 11.8. The minimum Gasteiger partial charge on any atom is -0.393 e. The third kappa shape index (κ3) is 5.63. The molecule has 2 atom stereocenters. The van der Waals surface area contributed by atoms with E-state index >= 15 is 0 Å². The fourth-order valence-electron chi connectivity index (χ4n) is 2.03. The lowest BCUT2D eigenvalue weighted by atomic mass is 10.0. The summed E-state index contributed by atoms with van der Waals surface area (Å²) >= 11 is 0. The number of nitrogens with one attached hydrogen (secondary N) is 1. The normalized spacial score (nSPS) is 14.7. The molecule has 1 aromatic rings. The van der Waals surface area contributed by atoms with Crippen LogP contribution in [0.3, 0.4) is 0 Å². The number of nitrogens with zero attached hydrogens (tertiary/aromatic N) is 1. The molecule has 0 bridgehead atoms. The van der Waals surface area contributed by atoms with Gasteiger partial charge in [-0.3, -0.25) is 0 Å². The van der Waals surface area contributed by atoms with Crippen LogP contribution in [0.1, 0.15) is 31.4 Å². The van der Waals surface area contributed by atoms with E-state index in [0.717, 1.165) is 25.9 Å². The molecule has 102 valence electrons. The van der Waals surface area contributed by atoms with Crippen LogP contribution in [0.15, 0.2) is 30.3 Å². The van der Waals surface area contributed by atoms with Crippen molar-refractivity contribution in [1.82, 2.24) is 10.2 Å². The molecule has 0 amide bonds. The van der Waals surface area contributed by atoms with Crippen molar-refractivity contribution in [3.05, 3.63) is 35.9 Å². The van der Waals surface area contributed by atoms with E-state index in [1.165, 1.54) is 5.56 Å². The molecule has 0 saturated heterocycles. The molecule has 0 spiro atoms. The second kappa shape index (κ2) is 8.25. The number of aliphatic hydroxyl groups is 1. The largest absolute Gasteiger partial charge is 0.393 e. The fourth-order valence-corrected chi connectivity index (χ4v) is 2.03. The van der Waals surface area contributed by atoms with E-state index in [-0.39, 0.29) is 6.10 Å². The monoisotopic (exact) mass is 250 g/mol. The molecular weight excluding hydrogens is 224 g/mol. The standard InChI is InChI=1S/C15H26N2O/c1-13(18)9-11-17(3)12-10-15(16-2)14-7-5-4-6-8-14/h4-8,13,15-16,18H,9-12H2,1-3H3. The zero-order chi connectivity index (χ0) is 13.4. The molecule has 0 aliphatic heterocycles. The summed E-state index contributed by atoms with van der Waals surface area (Å²) in [7, 11) is 4.12. The van der Waals surface area contributed by atoms with Crippen LogP contribution >= 0.6 is 0 Å². The van der Waals surface area contributed by atoms with Crippen LogP contribution in [-0.4, -0.2) is 43.3 Å². The third-order valence-electron chi connectivity index (χ3n) is 3.28. The number of hydrogen-bond donors (Lipinski definition) is 2. The summed E-state index contributed by atoms with van der Waals surface area (Å²) in [5.41, 5.74) is 1.34. The van der Waals surface area contributed by atoms with E-state index in [2.05, 4.69) is 41.5 Å². The molecule has 2 N–H and O–H groups in total. The van der Waals surface area contributed by atoms with Crippen molar-refractivity contribution < 1.29 is 5.11 Å². The van der Waals surface area contributed by atoms with Crippen LogP contribution in [0.5, 0.6) is 0 Å². The summed E-state index contributed by atoms with van der Waals surface area (Å²) in [6, 6.07) is 10.9. The van der Waals surface area contributed by atoms with Crippen molar-refractivity contribution in [2.75, 3.05) is 27.2 Å². The highest BCUT2D eigenvalue weighted by molar-refractivity contribution is 5.18. The molecule has 0 fully saturated rings. The average molecular weight is 250 g/mol. The van der Waals surface area contributed by atoms with Crippen LogP contribution in [0.2, 0.25) is 0 Å². The topological polar surface area (TPSA) is 35.5 Å². The van der Waals surface area contributed by atoms with Crippen LogP contribution in [-0.2, 0) is 0 Å². The maximum Gasteiger partial charge on any atom is 0.0524 e. The number of benzene rings is 1. The van der Waals surface area contributed by atoms with Gasteiger partial charge in [-0.1, -0.05) is 30.3 Å². The van der Waals surface area contributed by atoms with Crippen LogP contribution in [0.4, 0.5) is 0 Å². The molecule has 3 nitrogen and oxygen atoms in total. The Morgan fingerprint density at radius 2 is 1.78 bits per heavy atom. The molecule has 18 heavy (non-hydrogen) atoms. The smallest absolute Gasteiger partial charge is 0.0524 e. The Labute approximate surface area is 111 Å². The van der Waals surface area contributed by atoms with Gasteiger partial charge in [-0.15, -0.1) is 0 Å². The van der Waals surface area contributed by atoms with E-state index in [1.54, 1.807) is 0 Å². The molecule has 0 radical (unpaired) electrons. The number of aliphatic hydroxyl groups excluding tert-OH is 1. The summed E-state index contributed by atoms with van der Waals surface area (Å²) in [4.78, 5) is 2.28. The molecule has 0 aliphatic rings. The Morgan fingerprint density at radius 1 is 1.17 bits per heavy atom. The van der Waals surface area contributed by atoms with E-state index in [4.69, 9.17) is 0 Å². The minimum absolute atomic E-state index is 0.207. The highest BCUT2D eigenvalue weighted by atomic mass is 16.3. The zero-order valence-electron chi connectivity index (χ0n) is 11.8. The summed E-state index contributed by atoms with van der Waals surface area (Å²) < 4.78 is 0. The van der Waals surface area contributed by atoms with Crippen molar-refractivity contribution >= 4 is 0 Å². The summed E-state index contributed by atoms with van der Waals surface area (Å²) in [5.74, 6) is 0.